The Bertz CT molecular complexity index is 396. The van der Waals surface area contributed by atoms with Gasteiger partial charge in [0.25, 0.3) is 0 Å². The SMILES string of the molecule is O=C1CSc2ccc(NCCCO)cc2N1. The Morgan fingerprint density at radius 3 is 3.19 bits per heavy atom. The Morgan fingerprint density at radius 1 is 1.50 bits per heavy atom. The van der Waals surface area contributed by atoms with Gasteiger partial charge in [-0.2, -0.15) is 0 Å². The first kappa shape index (κ1) is 11.3. The number of rotatable bonds is 4. The van der Waals surface area contributed by atoms with E-state index in [4.69, 9.17) is 5.11 Å². The molecule has 1 heterocycles. The van der Waals surface area contributed by atoms with Crippen LogP contribution >= 0.6 is 11.8 Å². The molecule has 1 aliphatic rings. The molecule has 1 aromatic rings. The number of thioether (sulfide) groups is 1. The molecule has 3 N–H and O–H groups in total. The van der Waals surface area contributed by atoms with Gasteiger partial charge in [-0.05, 0) is 24.6 Å². The fourth-order valence-electron chi connectivity index (χ4n) is 1.50. The van der Waals surface area contributed by atoms with Crippen LogP contribution in [0.5, 0.6) is 0 Å². The van der Waals surface area contributed by atoms with Crippen molar-refractivity contribution in [1.29, 1.82) is 0 Å². The molecule has 86 valence electrons. The third-order valence-electron chi connectivity index (χ3n) is 2.28. The molecule has 0 saturated heterocycles. The molecular formula is C11H14N2O2S. The van der Waals surface area contributed by atoms with Crippen molar-refractivity contribution in [2.45, 2.75) is 11.3 Å². The van der Waals surface area contributed by atoms with Gasteiger partial charge in [0.2, 0.25) is 5.91 Å². The molecule has 0 atom stereocenters. The van der Waals surface area contributed by atoms with Crippen molar-refractivity contribution in [3.63, 3.8) is 0 Å². The molecule has 0 saturated carbocycles. The second kappa shape index (κ2) is 5.23. The first-order valence-corrected chi connectivity index (χ1v) is 6.19. The first-order chi connectivity index (χ1) is 7.79. The maximum absolute atomic E-state index is 11.2. The summed E-state index contributed by atoms with van der Waals surface area (Å²) in [4.78, 5) is 12.3. The van der Waals surface area contributed by atoms with Crippen LogP contribution in [0.15, 0.2) is 23.1 Å². The standard InChI is InChI=1S/C11H14N2O2S/c14-5-1-4-12-8-2-3-10-9(6-8)13-11(15)7-16-10/h2-3,6,12,14H,1,4-5,7H2,(H,13,15). The molecule has 0 aromatic heterocycles. The smallest absolute Gasteiger partial charge is 0.234 e. The topological polar surface area (TPSA) is 61.4 Å². The minimum atomic E-state index is 0.0463. The van der Waals surface area contributed by atoms with Gasteiger partial charge in [-0.25, -0.2) is 0 Å². The molecule has 5 heteroatoms. The monoisotopic (exact) mass is 238 g/mol. The number of anilines is 2. The Balaban J connectivity index is 2.06. The van der Waals surface area contributed by atoms with E-state index in [0.29, 0.717) is 5.75 Å². The number of aliphatic hydroxyl groups is 1. The number of carbonyl (C=O) groups is 1. The van der Waals surface area contributed by atoms with Crippen molar-refractivity contribution < 1.29 is 9.90 Å². The lowest BCUT2D eigenvalue weighted by molar-refractivity contribution is -0.113. The number of fused-ring (bicyclic) bond motifs is 1. The van der Waals surface area contributed by atoms with E-state index in [1.165, 1.54) is 0 Å². The zero-order valence-corrected chi connectivity index (χ0v) is 9.64. The van der Waals surface area contributed by atoms with E-state index in [9.17, 15) is 4.79 Å². The molecular weight excluding hydrogens is 224 g/mol. The van der Waals surface area contributed by atoms with Crippen molar-refractivity contribution in [1.82, 2.24) is 0 Å². The minimum absolute atomic E-state index is 0.0463. The van der Waals surface area contributed by atoms with E-state index >= 15 is 0 Å². The van der Waals surface area contributed by atoms with Gasteiger partial charge < -0.3 is 15.7 Å². The molecule has 0 aliphatic carbocycles. The maximum Gasteiger partial charge on any atom is 0.234 e. The van der Waals surface area contributed by atoms with Gasteiger partial charge in [-0.3, -0.25) is 4.79 Å². The van der Waals surface area contributed by atoms with E-state index < -0.39 is 0 Å². The summed E-state index contributed by atoms with van der Waals surface area (Å²) in [6.45, 7) is 0.918. The Labute approximate surface area is 98.4 Å². The minimum Gasteiger partial charge on any atom is -0.396 e. The normalized spacial score (nSPS) is 14.2. The molecule has 0 unspecified atom stereocenters. The number of hydrogen-bond donors (Lipinski definition) is 3. The lowest BCUT2D eigenvalue weighted by atomic mass is 10.2. The average Bonchev–Trinajstić information content (AvgIpc) is 2.29. The van der Waals surface area contributed by atoms with Gasteiger partial charge in [-0.15, -0.1) is 11.8 Å². The highest BCUT2D eigenvalue weighted by Gasteiger charge is 2.14. The quantitative estimate of drug-likeness (QED) is 0.696. The summed E-state index contributed by atoms with van der Waals surface area (Å²) in [6, 6.07) is 5.91. The van der Waals surface area contributed by atoms with Crippen LogP contribution in [0.25, 0.3) is 0 Å². The third kappa shape index (κ3) is 2.68. The van der Waals surface area contributed by atoms with Gasteiger partial charge in [-0.1, -0.05) is 0 Å². The first-order valence-electron chi connectivity index (χ1n) is 5.21. The van der Waals surface area contributed by atoms with Crippen molar-refractivity contribution in [2.24, 2.45) is 0 Å². The molecule has 0 spiro atoms. The molecule has 16 heavy (non-hydrogen) atoms. The summed E-state index contributed by atoms with van der Waals surface area (Å²) in [5.41, 5.74) is 1.84. The van der Waals surface area contributed by atoms with Gasteiger partial charge in [0.15, 0.2) is 0 Å². The molecule has 4 nitrogen and oxygen atoms in total. The molecule has 1 amide bonds. The average molecular weight is 238 g/mol. The molecule has 0 radical (unpaired) electrons. The highest BCUT2D eigenvalue weighted by Crippen LogP contribution is 2.33. The second-order valence-electron chi connectivity index (χ2n) is 3.55. The van der Waals surface area contributed by atoms with Crippen LogP contribution < -0.4 is 10.6 Å². The van der Waals surface area contributed by atoms with Crippen molar-refractivity contribution in [3.8, 4) is 0 Å². The summed E-state index contributed by atoms with van der Waals surface area (Å²) in [5, 5.41) is 14.7. The van der Waals surface area contributed by atoms with Gasteiger partial charge in [0.05, 0.1) is 11.4 Å². The second-order valence-corrected chi connectivity index (χ2v) is 4.57. The third-order valence-corrected chi connectivity index (χ3v) is 3.35. The van der Waals surface area contributed by atoms with E-state index in [1.807, 2.05) is 18.2 Å². The molecule has 0 bridgehead atoms. The van der Waals surface area contributed by atoms with E-state index in [1.54, 1.807) is 11.8 Å². The maximum atomic E-state index is 11.2. The van der Waals surface area contributed by atoms with Crippen LogP contribution in [0.1, 0.15) is 6.42 Å². The Hall–Kier alpha value is -1.20. The van der Waals surface area contributed by atoms with Gasteiger partial charge >= 0.3 is 0 Å². The van der Waals surface area contributed by atoms with Gasteiger partial charge in [0, 0.05) is 23.7 Å². The van der Waals surface area contributed by atoms with Crippen molar-refractivity contribution in [2.75, 3.05) is 29.5 Å². The number of benzene rings is 1. The lowest BCUT2D eigenvalue weighted by Gasteiger charge is -2.17. The largest absolute Gasteiger partial charge is 0.396 e. The highest BCUT2D eigenvalue weighted by atomic mass is 32.2. The van der Waals surface area contributed by atoms with Crippen LogP contribution in [0, 0.1) is 0 Å². The van der Waals surface area contributed by atoms with E-state index in [0.717, 1.165) is 29.2 Å². The zero-order valence-electron chi connectivity index (χ0n) is 8.82. The summed E-state index contributed by atoms with van der Waals surface area (Å²) in [5.74, 6) is 0.537. The molecule has 1 aromatic carbocycles. The summed E-state index contributed by atoms with van der Waals surface area (Å²) in [6.07, 6.45) is 0.720. The van der Waals surface area contributed by atoms with Crippen molar-refractivity contribution in [3.05, 3.63) is 18.2 Å². The number of hydrogen-bond acceptors (Lipinski definition) is 4. The van der Waals surface area contributed by atoms with Crippen LogP contribution in [-0.2, 0) is 4.79 Å². The highest BCUT2D eigenvalue weighted by molar-refractivity contribution is 8.00. The fraction of sp³-hybridized carbons (Fsp3) is 0.364. The Morgan fingerprint density at radius 2 is 2.38 bits per heavy atom. The van der Waals surface area contributed by atoms with E-state index in [2.05, 4.69) is 10.6 Å². The number of carbonyl (C=O) groups excluding carboxylic acids is 1. The molecule has 0 fully saturated rings. The molecule has 1 aliphatic heterocycles. The predicted octanol–water partition coefficient (Wildman–Crippen LogP) is 1.53. The lowest BCUT2D eigenvalue weighted by Crippen LogP contribution is -2.18. The number of amides is 1. The molecule has 2 rings (SSSR count). The predicted molar refractivity (Wildman–Crippen MR) is 66.0 cm³/mol. The summed E-state index contributed by atoms with van der Waals surface area (Å²) < 4.78 is 0. The van der Waals surface area contributed by atoms with E-state index in [-0.39, 0.29) is 12.5 Å². The zero-order chi connectivity index (χ0) is 11.4. The number of nitrogens with one attached hydrogen (secondary N) is 2. The van der Waals surface area contributed by atoms with Crippen molar-refractivity contribution >= 4 is 29.0 Å². The van der Waals surface area contributed by atoms with Crippen LogP contribution in [-0.4, -0.2) is 29.9 Å². The summed E-state index contributed by atoms with van der Waals surface area (Å²) in [7, 11) is 0. The number of aliphatic hydroxyl groups excluding tert-OH is 1. The Kier molecular flexibility index (Phi) is 3.69. The summed E-state index contributed by atoms with van der Waals surface area (Å²) >= 11 is 1.55. The van der Waals surface area contributed by atoms with Crippen LogP contribution in [0.3, 0.4) is 0 Å². The van der Waals surface area contributed by atoms with Gasteiger partial charge in [0.1, 0.15) is 0 Å². The van der Waals surface area contributed by atoms with Crippen LogP contribution in [0.2, 0.25) is 0 Å². The fourth-order valence-corrected chi connectivity index (χ4v) is 2.29. The van der Waals surface area contributed by atoms with Crippen LogP contribution in [0.4, 0.5) is 11.4 Å².